The lowest BCUT2D eigenvalue weighted by Crippen LogP contribution is -2.12. The average Bonchev–Trinajstić information content (AvgIpc) is 2.40. The van der Waals surface area contributed by atoms with Crippen LogP contribution in [-0.4, -0.2) is 12.9 Å². The molecule has 17 heavy (non-hydrogen) atoms. The molecule has 0 saturated heterocycles. The van der Waals surface area contributed by atoms with E-state index in [1.807, 2.05) is 31.2 Å². The zero-order valence-corrected chi connectivity index (χ0v) is 10.5. The van der Waals surface area contributed by atoms with Crippen LogP contribution in [0.1, 0.15) is 24.5 Å². The molecule has 1 aromatic rings. The summed E-state index contributed by atoms with van der Waals surface area (Å²) >= 11 is 0. The minimum Gasteiger partial charge on any atom is -0.497 e. The van der Waals surface area contributed by atoms with Crippen LogP contribution in [0, 0.1) is 0 Å². The van der Waals surface area contributed by atoms with E-state index in [0.717, 1.165) is 23.3 Å². The Morgan fingerprint density at radius 2 is 2.00 bits per heavy atom. The van der Waals surface area contributed by atoms with Crippen LogP contribution in [0.5, 0.6) is 5.75 Å². The van der Waals surface area contributed by atoms with Crippen molar-refractivity contribution in [3.05, 3.63) is 48.6 Å². The van der Waals surface area contributed by atoms with Gasteiger partial charge in [-0.15, -0.1) is 13.2 Å². The number of methoxy groups -OCH3 is 1. The molecule has 0 atom stereocenters. The standard InChI is InChI=1S/C13H14O2.C2H4/c1-3-11-12-6-5-10(15-2)8-9(12)4-7-13(11)14;1-2/h3,5-6,8H,4,7H2,1-2H3;1-2H2/b11-3-;. The van der Waals surface area contributed by atoms with Gasteiger partial charge < -0.3 is 4.74 Å². The number of ketones is 1. The Hall–Kier alpha value is -1.83. The van der Waals surface area contributed by atoms with Gasteiger partial charge in [-0.3, -0.25) is 4.79 Å². The fourth-order valence-corrected chi connectivity index (χ4v) is 2.02. The molecular formula is C15H18O2. The number of carbonyl (C=O) groups is 1. The highest BCUT2D eigenvalue weighted by Gasteiger charge is 2.20. The smallest absolute Gasteiger partial charge is 0.163 e. The van der Waals surface area contributed by atoms with Crippen molar-refractivity contribution < 1.29 is 9.53 Å². The molecule has 0 saturated carbocycles. The highest BCUT2D eigenvalue weighted by atomic mass is 16.5. The van der Waals surface area contributed by atoms with Gasteiger partial charge in [0, 0.05) is 12.0 Å². The number of aryl methyl sites for hydroxylation is 1. The van der Waals surface area contributed by atoms with E-state index in [2.05, 4.69) is 13.2 Å². The number of carbonyl (C=O) groups excluding carboxylic acids is 1. The van der Waals surface area contributed by atoms with Gasteiger partial charge in [-0.25, -0.2) is 0 Å². The minimum absolute atomic E-state index is 0.246. The second-order valence-electron chi connectivity index (χ2n) is 3.65. The van der Waals surface area contributed by atoms with Gasteiger partial charge >= 0.3 is 0 Å². The summed E-state index contributed by atoms with van der Waals surface area (Å²) in [7, 11) is 1.66. The third kappa shape index (κ3) is 2.64. The van der Waals surface area contributed by atoms with E-state index in [9.17, 15) is 4.79 Å². The molecule has 1 aromatic carbocycles. The zero-order chi connectivity index (χ0) is 12.8. The van der Waals surface area contributed by atoms with Crippen LogP contribution in [-0.2, 0) is 11.2 Å². The first kappa shape index (κ1) is 13.2. The maximum Gasteiger partial charge on any atom is 0.163 e. The number of hydrogen-bond donors (Lipinski definition) is 0. The van der Waals surface area contributed by atoms with E-state index in [4.69, 9.17) is 4.74 Å². The maximum absolute atomic E-state index is 11.6. The molecule has 1 aliphatic carbocycles. The molecule has 0 aromatic heterocycles. The molecule has 90 valence electrons. The van der Waals surface area contributed by atoms with E-state index in [-0.39, 0.29) is 5.78 Å². The van der Waals surface area contributed by atoms with Gasteiger partial charge in [0.25, 0.3) is 0 Å². The first-order valence-corrected chi connectivity index (χ1v) is 5.63. The maximum atomic E-state index is 11.6. The largest absolute Gasteiger partial charge is 0.497 e. The average molecular weight is 230 g/mol. The van der Waals surface area contributed by atoms with Gasteiger partial charge in [-0.2, -0.15) is 0 Å². The van der Waals surface area contributed by atoms with Gasteiger partial charge in [0.2, 0.25) is 0 Å². The SMILES string of the molecule is C/C=C1\C(=O)CCc2cc(OC)ccc21.C=C. The van der Waals surface area contributed by atoms with Gasteiger partial charge in [0.05, 0.1) is 7.11 Å². The summed E-state index contributed by atoms with van der Waals surface area (Å²) in [6, 6.07) is 5.90. The van der Waals surface area contributed by atoms with Gasteiger partial charge in [0.15, 0.2) is 5.78 Å². The second-order valence-corrected chi connectivity index (χ2v) is 3.65. The molecule has 2 nitrogen and oxygen atoms in total. The number of Topliss-reactive ketones (excluding diaryl/α,β-unsaturated/α-hetero) is 1. The van der Waals surface area contributed by atoms with Crippen LogP contribution in [0.3, 0.4) is 0 Å². The molecule has 0 aliphatic heterocycles. The van der Waals surface area contributed by atoms with Crippen LogP contribution < -0.4 is 4.74 Å². The summed E-state index contributed by atoms with van der Waals surface area (Å²) in [6.07, 6.45) is 3.33. The normalized spacial score (nSPS) is 15.9. The van der Waals surface area contributed by atoms with Crippen molar-refractivity contribution >= 4 is 11.4 Å². The van der Waals surface area contributed by atoms with Crippen molar-refractivity contribution in [1.29, 1.82) is 0 Å². The first-order valence-electron chi connectivity index (χ1n) is 5.63. The second kappa shape index (κ2) is 6.04. The Bertz CT molecular complexity index is 444. The minimum atomic E-state index is 0.246. The Labute approximate surface area is 103 Å². The topological polar surface area (TPSA) is 26.3 Å². The highest BCUT2D eigenvalue weighted by molar-refractivity contribution is 6.22. The predicted molar refractivity (Wildman–Crippen MR) is 71.2 cm³/mol. The monoisotopic (exact) mass is 230 g/mol. The summed E-state index contributed by atoms with van der Waals surface area (Å²) in [6.45, 7) is 7.91. The molecule has 0 heterocycles. The van der Waals surface area contributed by atoms with E-state index >= 15 is 0 Å². The fraction of sp³-hybridized carbons (Fsp3) is 0.267. The van der Waals surface area contributed by atoms with Crippen molar-refractivity contribution in [3.63, 3.8) is 0 Å². The van der Waals surface area contributed by atoms with Crippen molar-refractivity contribution in [2.24, 2.45) is 0 Å². The fourth-order valence-electron chi connectivity index (χ4n) is 2.02. The molecule has 0 radical (unpaired) electrons. The quantitative estimate of drug-likeness (QED) is 0.546. The predicted octanol–water partition coefficient (Wildman–Crippen LogP) is 3.42. The lowest BCUT2D eigenvalue weighted by Gasteiger charge is -2.18. The Morgan fingerprint density at radius 3 is 2.59 bits per heavy atom. The van der Waals surface area contributed by atoms with E-state index in [0.29, 0.717) is 6.42 Å². The van der Waals surface area contributed by atoms with Crippen LogP contribution in [0.15, 0.2) is 37.4 Å². The molecule has 1 aliphatic rings. The van der Waals surface area contributed by atoms with Crippen molar-refractivity contribution in [2.75, 3.05) is 7.11 Å². The van der Waals surface area contributed by atoms with Crippen LogP contribution in [0.25, 0.3) is 5.57 Å². The number of rotatable bonds is 1. The summed E-state index contributed by atoms with van der Waals surface area (Å²) in [5.74, 6) is 1.11. The number of hydrogen-bond acceptors (Lipinski definition) is 2. The van der Waals surface area contributed by atoms with Gasteiger partial charge in [-0.05, 0) is 36.6 Å². The van der Waals surface area contributed by atoms with E-state index < -0.39 is 0 Å². The van der Waals surface area contributed by atoms with Crippen molar-refractivity contribution in [3.8, 4) is 5.75 Å². The molecule has 0 amide bonds. The van der Waals surface area contributed by atoms with E-state index in [1.165, 1.54) is 5.56 Å². The number of allylic oxidation sites excluding steroid dienone is 2. The Kier molecular flexibility index (Phi) is 4.70. The van der Waals surface area contributed by atoms with Crippen LogP contribution in [0.4, 0.5) is 0 Å². The first-order chi connectivity index (χ1) is 8.26. The zero-order valence-electron chi connectivity index (χ0n) is 10.5. The molecule has 2 rings (SSSR count). The number of benzene rings is 1. The lowest BCUT2D eigenvalue weighted by atomic mass is 9.86. The molecule has 2 heteroatoms. The lowest BCUT2D eigenvalue weighted by molar-refractivity contribution is -0.113. The Morgan fingerprint density at radius 1 is 1.29 bits per heavy atom. The number of ether oxygens (including phenoxy) is 1. The summed E-state index contributed by atoms with van der Waals surface area (Å²) in [5, 5.41) is 0. The third-order valence-electron chi connectivity index (χ3n) is 2.81. The third-order valence-corrected chi connectivity index (χ3v) is 2.81. The molecule has 0 bridgehead atoms. The molecule has 0 N–H and O–H groups in total. The molecule has 0 fully saturated rings. The van der Waals surface area contributed by atoms with Crippen molar-refractivity contribution in [2.45, 2.75) is 19.8 Å². The van der Waals surface area contributed by atoms with Gasteiger partial charge in [-0.1, -0.05) is 12.1 Å². The summed E-state index contributed by atoms with van der Waals surface area (Å²) in [4.78, 5) is 11.6. The van der Waals surface area contributed by atoms with Crippen LogP contribution in [0.2, 0.25) is 0 Å². The van der Waals surface area contributed by atoms with Crippen LogP contribution >= 0.6 is 0 Å². The van der Waals surface area contributed by atoms with Crippen molar-refractivity contribution in [1.82, 2.24) is 0 Å². The summed E-state index contributed by atoms with van der Waals surface area (Å²) in [5.41, 5.74) is 3.12. The molecule has 0 spiro atoms. The molecule has 0 unspecified atom stereocenters. The summed E-state index contributed by atoms with van der Waals surface area (Å²) < 4.78 is 5.17. The molecular weight excluding hydrogens is 212 g/mol. The number of fused-ring (bicyclic) bond motifs is 1. The highest BCUT2D eigenvalue weighted by Crippen LogP contribution is 2.30. The van der Waals surface area contributed by atoms with E-state index in [1.54, 1.807) is 7.11 Å². The Balaban J connectivity index is 0.000000686. The van der Waals surface area contributed by atoms with Gasteiger partial charge in [0.1, 0.15) is 5.75 Å².